The number of benzene rings is 1. The molecule has 1 unspecified atom stereocenters. The Morgan fingerprint density at radius 2 is 2.06 bits per heavy atom. The van der Waals surface area contributed by atoms with Crippen LogP contribution in [-0.4, -0.2) is 22.0 Å². The standard InChI is InChI=1S/C12H15IO4/c13-11(17-12(14)15)7-4-8-16-9-10-5-2-1-3-6-10/h1-3,5-6,11H,4,7-9H2,(H,14,15). The molecule has 1 N–H and O–H groups in total. The third kappa shape index (κ3) is 7.17. The molecule has 0 bridgehead atoms. The second-order valence-electron chi connectivity index (χ2n) is 3.47. The number of alkyl halides is 1. The normalized spacial score (nSPS) is 12.1. The third-order valence-corrected chi connectivity index (χ3v) is 2.94. The van der Waals surface area contributed by atoms with Gasteiger partial charge < -0.3 is 14.6 Å². The van der Waals surface area contributed by atoms with Gasteiger partial charge in [-0.15, -0.1) is 0 Å². The monoisotopic (exact) mass is 350 g/mol. The van der Waals surface area contributed by atoms with Crippen molar-refractivity contribution in [3.05, 3.63) is 35.9 Å². The highest BCUT2D eigenvalue weighted by molar-refractivity contribution is 14.1. The summed E-state index contributed by atoms with van der Waals surface area (Å²) in [7, 11) is 0. The number of ether oxygens (including phenoxy) is 2. The van der Waals surface area contributed by atoms with Crippen molar-refractivity contribution in [2.24, 2.45) is 0 Å². The Bertz CT molecular complexity index is 329. The summed E-state index contributed by atoms with van der Waals surface area (Å²) >= 11 is 1.96. The van der Waals surface area contributed by atoms with Crippen LogP contribution in [0, 0.1) is 0 Å². The molecule has 0 radical (unpaired) electrons. The summed E-state index contributed by atoms with van der Waals surface area (Å²) in [5, 5.41) is 8.38. The summed E-state index contributed by atoms with van der Waals surface area (Å²) in [5.74, 6) is 0. The van der Waals surface area contributed by atoms with E-state index >= 15 is 0 Å². The Hall–Kier alpha value is -0.820. The molecule has 5 heteroatoms. The van der Waals surface area contributed by atoms with Gasteiger partial charge >= 0.3 is 6.16 Å². The van der Waals surface area contributed by atoms with Gasteiger partial charge in [0.2, 0.25) is 0 Å². The lowest BCUT2D eigenvalue weighted by atomic mass is 10.2. The lowest BCUT2D eigenvalue weighted by Gasteiger charge is -2.08. The number of rotatable bonds is 7. The Labute approximate surface area is 114 Å². The number of hydrogen-bond acceptors (Lipinski definition) is 3. The molecular weight excluding hydrogens is 335 g/mol. The van der Waals surface area contributed by atoms with Gasteiger partial charge in [-0.1, -0.05) is 30.3 Å². The summed E-state index contributed by atoms with van der Waals surface area (Å²) in [4.78, 5) is 10.2. The van der Waals surface area contributed by atoms with Crippen LogP contribution in [0.15, 0.2) is 30.3 Å². The number of halogens is 1. The number of hydrogen-bond donors (Lipinski definition) is 1. The quantitative estimate of drug-likeness (QED) is 0.354. The van der Waals surface area contributed by atoms with Crippen molar-refractivity contribution in [3.8, 4) is 0 Å². The molecule has 0 aliphatic rings. The van der Waals surface area contributed by atoms with E-state index in [-0.39, 0.29) is 4.11 Å². The summed E-state index contributed by atoms with van der Waals surface area (Å²) < 4.78 is 9.73. The third-order valence-electron chi connectivity index (χ3n) is 2.06. The molecule has 0 heterocycles. The molecule has 0 aromatic heterocycles. The molecule has 0 amide bonds. The molecule has 1 aromatic carbocycles. The van der Waals surface area contributed by atoms with Crippen LogP contribution in [0.3, 0.4) is 0 Å². The molecule has 0 saturated carbocycles. The number of carbonyl (C=O) groups is 1. The zero-order valence-electron chi connectivity index (χ0n) is 9.34. The minimum atomic E-state index is -1.23. The summed E-state index contributed by atoms with van der Waals surface area (Å²) in [6.45, 7) is 1.20. The van der Waals surface area contributed by atoms with Gasteiger partial charge in [-0.3, -0.25) is 0 Å². The first-order valence-corrected chi connectivity index (χ1v) is 6.58. The van der Waals surface area contributed by atoms with Crippen molar-refractivity contribution in [2.75, 3.05) is 6.61 Å². The van der Waals surface area contributed by atoms with E-state index in [4.69, 9.17) is 9.84 Å². The smallest absolute Gasteiger partial charge is 0.450 e. The molecule has 1 atom stereocenters. The van der Waals surface area contributed by atoms with Crippen molar-refractivity contribution < 1.29 is 19.4 Å². The van der Waals surface area contributed by atoms with Gasteiger partial charge in [0, 0.05) is 6.61 Å². The molecule has 4 nitrogen and oxygen atoms in total. The van der Waals surface area contributed by atoms with Crippen molar-refractivity contribution in [3.63, 3.8) is 0 Å². The van der Waals surface area contributed by atoms with Gasteiger partial charge in [-0.05, 0) is 41.0 Å². The predicted octanol–water partition coefficient (Wildman–Crippen LogP) is 3.44. The molecule has 0 aliphatic heterocycles. The van der Waals surface area contributed by atoms with E-state index in [0.717, 1.165) is 12.0 Å². The van der Waals surface area contributed by atoms with Crippen LogP contribution in [0.1, 0.15) is 18.4 Å². The van der Waals surface area contributed by atoms with E-state index in [1.54, 1.807) is 0 Å². The molecule has 1 aromatic rings. The fraction of sp³-hybridized carbons (Fsp3) is 0.417. The van der Waals surface area contributed by atoms with E-state index in [0.29, 0.717) is 19.6 Å². The summed E-state index contributed by atoms with van der Waals surface area (Å²) in [6.07, 6.45) is 0.227. The fourth-order valence-electron chi connectivity index (χ4n) is 1.28. The molecule has 0 aliphatic carbocycles. The minimum Gasteiger partial charge on any atom is -0.450 e. The Morgan fingerprint density at radius 1 is 1.35 bits per heavy atom. The van der Waals surface area contributed by atoms with Gasteiger partial charge in [0.05, 0.1) is 6.61 Å². The van der Waals surface area contributed by atoms with Gasteiger partial charge in [0.25, 0.3) is 0 Å². The first kappa shape index (κ1) is 14.2. The Balaban J connectivity index is 2.03. The van der Waals surface area contributed by atoms with Crippen molar-refractivity contribution in [2.45, 2.75) is 23.6 Å². The average molecular weight is 350 g/mol. The molecule has 1 rings (SSSR count). The molecule has 0 saturated heterocycles. The van der Waals surface area contributed by atoms with Crippen molar-refractivity contribution >= 4 is 28.7 Å². The van der Waals surface area contributed by atoms with Gasteiger partial charge in [0.1, 0.15) is 0 Å². The highest BCUT2D eigenvalue weighted by atomic mass is 127. The average Bonchev–Trinajstić information content (AvgIpc) is 2.29. The zero-order valence-corrected chi connectivity index (χ0v) is 11.5. The largest absolute Gasteiger partial charge is 0.506 e. The van der Waals surface area contributed by atoms with E-state index in [9.17, 15) is 4.79 Å². The number of carboxylic acid groups (broad SMARTS) is 1. The molecule has 17 heavy (non-hydrogen) atoms. The zero-order chi connectivity index (χ0) is 12.5. The first-order valence-electron chi connectivity index (χ1n) is 5.34. The molecule has 0 spiro atoms. The van der Waals surface area contributed by atoms with Crippen LogP contribution < -0.4 is 0 Å². The predicted molar refractivity (Wildman–Crippen MR) is 72.2 cm³/mol. The first-order chi connectivity index (χ1) is 8.18. The van der Waals surface area contributed by atoms with E-state index in [1.165, 1.54) is 0 Å². The topological polar surface area (TPSA) is 55.8 Å². The van der Waals surface area contributed by atoms with Crippen LogP contribution in [-0.2, 0) is 16.1 Å². The van der Waals surface area contributed by atoms with Gasteiger partial charge in [0.15, 0.2) is 4.11 Å². The Kier molecular flexibility index (Phi) is 6.95. The van der Waals surface area contributed by atoms with E-state index < -0.39 is 6.16 Å². The summed E-state index contributed by atoms with van der Waals surface area (Å²) in [5.41, 5.74) is 1.14. The SMILES string of the molecule is O=C(O)OC(I)CCCOCc1ccccc1. The van der Waals surface area contributed by atoms with Gasteiger partial charge in [-0.25, -0.2) is 4.79 Å². The highest BCUT2D eigenvalue weighted by Crippen LogP contribution is 2.11. The Morgan fingerprint density at radius 3 is 2.71 bits per heavy atom. The second-order valence-corrected chi connectivity index (χ2v) is 4.86. The van der Waals surface area contributed by atoms with E-state index in [1.807, 2.05) is 52.9 Å². The fourth-order valence-corrected chi connectivity index (χ4v) is 1.94. The minimum absolute atomic E-state index is 0.301. The molecule has 0 fully saturated rings. The van der Waals surface area contributed by atoms with E-state index in [2.05, 4.69) is 4.74 Å². The van der Waals surface area contributed by atoms with Gasteiger partial charge in [-0.2, -0.15) is 0 Å². The van der Waals surface area contributed by atoms with Crippen molar-refractivity contribution in [1.29, 1.82) is 0 Å². The maximum Gasteiger partial charge on any atom is 0.506 e. The van der Waals surface area contributed by atoms with Crippen LogP contribution in [0.5, 0.6) is 0 Å². The second kappa shape index (κ2) is 8.30. The molecule has 94 valence electrons. The van der Waals surface area contributed by atoms with Crippen LogP contribution in [0.2, 0.25) is 0 Å². The van der Waals surface area contributed by atoms with Crippen LogP contribution >= 0.6 is 22.6 Å². The summed E-state index contributed by atoms with van der Waals surface area (Å²) in [6, 6.07) is 9.93. The van der Waals surface area contributed by atoms with Crippen LogP contribution in [0.25, 0.3) is 0 Å². The highest BCUT2D eigenvalue weighted by Gasteiger charge is 2.08. The maximum atomic E-state index is 10.2. The lowest BCUT2D eigenvalue weighted by Crippen LogP contribution is -2.10. The molecular formula is C12H15IO4. The lowest BCUT2D eigenvalue weighted by molar-refractivity contribution is 0.0754. The van der Waals surface area contributed by atoms with Crippen molar-refractivity contribution in [1.82, 2.24) is 0 Å². The van der Waals surface area contributed by atoms with Crippen LogP contribution in [0.4, 0.5) is 4.79 Å². The maximum absolute atomic E-state index is 10.2.